The van der Waals surface area contributed by atoms with E-state index in [0.29, 0.717) is 13.0 Å². The van der Waals surface area contributed by atoms with E-state index in [2.05, 4.69) is 0 Å². The molecule has 0 amide bonds. The highest BCUT2D eigenvalue weighted by molar-refractivity contribution is 7.90. The van der Waals surface area contributed by atoms with Gasteiger partial charge in [-0.3, -0.25) is 4.79 Å². The molecule has 0 heterocycles. The van der Waals surface area contributed by atoms with Crippen LogP contribution in [0.4, 0.5) is 0 Å². The summed E-state index contributed by atoms with van der Waals surface area (Å²) >= 11 is 0. The molecule has 6 heteroatoms. The molecule has 0 aliphatic carbocycles. The molecule has 0 saturated carbocycles. The topological polar surface area (TPSA) is 86.5 Å². The molecule has 5 nitrogen and oxygen atoms in total. The van der Waals surface area contributed by atoms with Crippen LogP contribution in [0.3, 0.4) is 0 Å². The van der Waals surface area contributed by atoms with Gasteiger partial charge in [-0.15, -0.1) is 0 Å². The first kappa shape index (κ1) is 13.5. The van der Waals surface area contributed by atoms with Crippen molar-refractivity contribution in [2.24, 2.45) is 5.73 Å². The van der Waals surface area contributed by atoms with Gasteiger partial charge in [-0.25, -0.2) is 8.42 Å². The number of carbonyl (C=O) groups is 1. The minimum Gasteiger partial charge on any atom is -0.385 e. The van der Waals surface area contributed by atoms with Gasteiger partial charge in [0, 0.05) is 26.4 Å². The van der Waals surface area contributed by atoms with E-state index in [0.717, 1.165) is 6.26 Å². The lowest BCUT2D eigenvalue weighted by atomic mass is 10.1. The van der Waals surface area contributed by atoms with Gasteiger partial charge in [-0.1, -0.05) is 0 Å². The number of methoxy groups -OCH3 is 1. The number of ether oxygens (including phenoxy) is 1. The van der Waals surface area contributed by atoms with Gasteiger partial charge in [0.05, 0.1) is 11.8 Å². The van der Waals surface area contributed by atoms with E-state index in [9.17, 15) is 13.2 Å². The molecule has 0 rings (SSSR count). The molecule has 0 aliphatic rings. The summed E-state index contributed by atoms with van der Waals surface area (Å²) in [5.41, 5.74) is 5.51. The average molecular weight is 223 g/mol. The number of nitrogens with two attached hydrogens (primary N) is 1. The smallest absolute Gasteiger partial charge is 0.150 e. The minimum absolute atomic E-state index is 0.0102. The molecule has 0 aromatic carbocycles. The molecule has 0 radical (unpaired) electrons. The molecule has 2 N–H and O–H groups in total. The van der Waals surface area contributed by atoms with Crippen molar-refractivity contribution in [3.63, 3.8) is 0 Å². The van der Waals surface area contributed by atoms with Crippen molar-refractivity contribution in [2.45, 2.75) is 18.9 Å². The van der Waals surface area contributed by atoms with Gasteiger partial charge >= 0.3 is 0 Å². The van der Waals surface area contributed by atoms with Gasteiger partial charge < -0.3 is 10.5 Å². The Bertz CT molecular complexity index is 273. The van der Waals surface area contributed by atoms with E-state index in [1.54, 1.807) is 0 Å². The average Bonchev–Trinajstić information content (AvgIpc) is 2.09. The highest BCUT2D eigenvalue weighted by atomic mass is 32.2. The minimum atomic E-state index is -3.08. The van der Waals surface area contributed by atoms with E-state index in [1.165, 1.54) is 7.11 Å². The summed E-state index contributed by atoms with van der Waals surface area (Å²) in [6.07, 6.45) is 1.52. The zero-order valence-electron chi connectivity index (χ0n) is 8.52. The van der Waals surface area contributed by atoms with Gasteiger partial charge in [-0.2, -0.15) is 0 Å². The fourth-order valence-corrected chi connectivity index (χ4v) is 1.45. The predicted octanol–water partition coefficient (Wildman–Crippen LogP) is -0.646. The largest absolute Gasteiger partial charge is 0.385 e. The summed E-state index contributed by atoms with van der Waals surface area (Å²) in [6.45, 7) is 0.409. The third kappa shape index (κ3) is 6.99. The summed E-state index contributed by atoms with van der Waals surface area (Å²) < 4.78 is 26.3. The summed E-state index contributed by atoms with van der Waals surface area (Å²) in [5.74, 6) is -0.362. The lowest BCUT2D eigenvalue weighted by Gasteiger charge is -2.08. The van der Waals surface area contributed by atoms with Gasteiger partial charge in [0.1, 0.15) is 9.84 Å². The van der Waals surface area contributed by atoms with Crippen LogP contribution >= 0.6 is 0 Å². The fraction of sp³-hybridized carbons (Fsp3) is 0.875. The Labute approximate surface area is 84.5 Å². The first-order chi connectivity index (χ1) is 6.37. The summed E-state index contributed by atoms with van der Waals surface area (Å²) in [6, 6.07) is -0.614. The van der Waals surface area contributed by atoms with E-state index in [4.69, 9.17) is 10.5 Å². The molecule has 1 atom stereocenters. The van der Waals surface area contributed by atoms with Gasteiger partial charge in [0.2, 0.25) is 0 Å². The fourth-order valence-electron chi connectivity index (χ4n) is 0.877. The van der Waals surface area contributed by atoms with Crippen LogP contribution in [0.1, 0.15) is 12.8 Å². The van der Waals surface area contributed by atoms with Crippen LogP contribution in [0.25, 0.3) is 0 Å². The van der Waals surface area contributed by atoms with E-state index in [-0.39, 0.29) is 18.0 Å². The van der Waals surface area contributed by atoms with Crippen LogP contribution in [0.2, 0.25) is 0 Å². The standard InChI is InChI=1S/C8H17NO4S/c1-13-5-3-7(9)8(10)4-6-14(2,11)12/h7H,3-6,9H2,1-2H3. The summed E-state index contributed by atoms with van der Waals surface area (Å²) in [5, 5.41) is 0. The van der Waals surface area contributed by atoms with Crippen LogP contribution in [0.5, 0.6) is 0 Å². The number of sulfone groups is 1. The summed E-state index contributed by atoms with van der Waals surface area (Å²) in [4.78, 5) is 11.3. The van der Waals surface area contributed by atoms with Gasteiger partial charge in [0.25, 0.3) is 0 Å². The van der Waals surface area contributed by atoms with Crippen molar-refractivity contribution >= 4 is 15.6 Å². The summed E-state index contributed by atoms with van der Waals surface area (Å²) in [7, 11) is -1.56. The van der Waals surface area contributed by atoms with Crippen molar-refractivity contribution in [1.82, 2.24) is 0 Å². The SMILES string of the molecule is COCCC(N)C(=O)CCS(C)(=O)=O. The zero-order valence-corrected chi connectivity index (χ0v) is 9.34. The van der Waals surface area contributed by atoms with Crippen LogP contribution in [0, 0.1) is 0 Å². The van der Waals surface area contributed by atoms with Gasteiger partial charge in [0.15, 0.2) is 5.78 Å². The molecule has 0 fully saturated rings. The molecule has 14 heavy (non-hydrogen) atoms. The molecule has 0 saturated heterocycles. The third-order valence-electron chi connectivity index (χ3n) is 1.77. The molecule has 0 aromatic heterocycles. The molecule has 0 spiro atoms. The number of carbonyl (C=O) groups excluding carboxylic acids is 1. The molecule has 0 aliphatic heterocycles. The Morgan fingerprint density at radius 1 is 1.50 bits per heavy atom. The quantitative estimate of drug-likeness (QED) is 0.620. The third-order valence-corrected chi connectivity index (χ3v) is 2.71. The highest BCUT2D eigenvalue weighted by Crippen LogP contribution is 1.97. The first-order valence-corrected chi connectivity index (χ1v) is 6.38. The number of ketones is 1. The predicted molar refractivity (Wildman–Crippen MR) is 53.8 cm³/mol. The normalized spacial score (nSPS) is 13.9. The van der Waals surface area contributed by atoms with E-state index < -0.39 is 15.9 Å². The molecule has 0 aromatic rings. The number of hydrogen-bond donors (Lipinski definition) is 1. The van der Waals surface area contributed by atoms with Crippen LogP contribution in [-0.2, 0) is 19.4 Å². The Morgan fingerprint density at radius 3 is 2.50 bits per heavy atom. The Balaban J connectivity index is 3.84. The number of rotatable bonds is 7. The van der Waals surface area contributed by atoms with Crippen molar-refractivity contribution < 1.29 is 17.9 Å². The monoisotopic (exact) mass is 223 g/mol. The van der Waals surface area contributed by atoms with Crippen LogP contribution < -0.4 is 5.73 Å². The maximum absolute atomic E-state index is 11.3. The Hall–Kier alpha value is -0.460. The second-order valence-electron chi connectivity index (χ2n) is 3.23. The zero-order chi connectivity index (χ0) is 11.2. The first-order valence-electron chi connectivity index (χ1n) is 4.32. The van der Waals surface area contributed by atoms with E-state index in [1.807, 2.05) is 0 Å². The number of Topliss-reactive ketones (excluding diaryl/α,β-unsaturated/α-hetero) is 1. The highest BCUT2D eigenvalue weighted by Gasteiger charge is 2.15. The molecular formula is C8H17NO4S. The Kier molecular flexibility index (Phi) is 5.90. The Morgan fingerprint density at radius 2 is 2.07 bits per heavy atom. The van der Waals surface area contributed by atoms with Crippen molar-refractivity contribution in [1.29, 1.82) is 0 Å². The maximum Gasteiger partial charge on any atom is 0.150 e. The molecule has 84 valence electrons. The second kappa shape index (κ2) is 6.10. The van der Waals surface area contributed by atoms with Crippen molar-refractivity contribution in [3.8, 4) is 0 Å². The van der Waals surface area contributed by atoms with Gasteiger partial charge in [-0.05, 0) is 6.42 Å². The lowest BCUT2D eigenvalue weighted by Crippen LogP contribution is -2.32. The lowest BCUT2D eigenvalue weighted by molar-refractivity contribution is -0.120. The molecular weight excluding hydrogens is 206 g/mol. The van der Waals surface area contributed by atoms with Crippen LogP contribution in [-0.4, -0.2) is 46.0 Å². The second-order valence-corrected chi connectivity index (χ2v) is 5.49. The van der Waals surface area contributed by atoms with Crippen molar-refractivity contribution in [2.75, 3.05) is 25.7 Å². The van der Waals surface area contributed by atoms with Crippen molar-refractivity contribution in [3.05, 3.63) is 0 Å². The maximum atomic E-state index is 11.3. The van der Waals surface area contributed by atoms with E-state index >= 15 is 0 Å². The molecule has 0 bridgehead atoms. The molecule has 1 unspecified atom stereocenters. The number of hydrogen-bond acceptors (Lipinski definition) is 5. The van der Waals surface area contributed by atoms with Crippen LogP contribution in [0.15, 0.2) is 0 Å².